The molecule has 2 aromatic heterocycles. The normalized spacial score (nSPS) is 26.2. The standard InChI is InChI=1S/C27H37N6O7PS/c1-15(2)38-25(35)16(3)32-41(42,40-19-9-7-6-8-10-19)37-13-20-22(34)27(5,36)26(39-20)33-14-28-21-23(31-18-11-12-18)29-17(4)30-24(21)33/h6-10,14-16,18,20,22,26,34,36H,11-13H2,1-5H3,(H,32,42)(H,29,30,31)/t16?,20-,22-,26-,27-,41?/m1/s1. The van der Waals surface area contributed by atoms with Gasteiger partial charge in [0.2, 0.25) is 0 Å². The fourth-order valence-electron chi connectivity index (χ4n) is 4.60. The number of carbonyl (C=O) groups is 1. The summed E-state index contributed by atoms with van der Waals surface area (Å²) < 4.78 is 25.2. The lowest BCUT2D eigenvalue weighted by molar-refractivity contribution is -0.149. The van der Waals surface area contributed by atoms with Crippen LogP contribution < -0.4 is 14.9 Å². The zero-order valence-corrected chi connectivity index (χ0v) is 25.8. The number of rotatable bonds is 12. The van der Waals surface area contributed by atoms with E-state index in [0.29, 0.717) is 34.6 Å². The van der Waals surface area contributed by atoms with Gasteiger partial charge in [0.15, 0.2) is 23.2 Å². The Labute approximate surface area is 249 Å². The molecule has 1 aliphatic heterocycles. The summed E-state index contributed by atoms with van der Waals surface area (Å²) in [5.74, 6) is 1.07. The van der Waals surface area contributed by atoms with E-state index in [-0.39, 0.29) is 12.7 Å². The van der Waals surface area contributed by atoms with Gasteiger partial charge in [0.05, 0.1) is 19.0 Å². The summed E-state index contributed by atoms with van der Waals surface area (Å²) in [6.45, 7) is 4.72. The molecule has 0 amide bonds. The molecule has 42 heavy (non-hydrogen) atoms. The number of nitrogens with one attached hydrogen (secondary N) is 2. The molecular formula is C27H37N6O7PS. The Balaban J connectivity index is 1.36. The first-order chi connectivity index (χ1) is 19.9. The topological polar surface area (TPSA) is 162 Å². The molecule has 6 atom stereocenters. The van der Waals surface area contributed by atoms with E-state index in [2.05, 4.69) is 25.4 Å². The van der Waals surface area contributed by atoms with Crippen LogP contribution in [0.3, 0.4) is 0 Å². The first kappa shape index (κ1) is 30.7. The second-order valence-corrected chi connectivity index (χ2v) is 14.2. The minimum Gasteiger partial charge on any atom is -0.462 e. The molecule has 4 N–H and O–H groups in total. The van der Waals surface area contributed by atoms with E-state index in [1.54, 1.807) is 56.5 Å². The number of hydrogen-bond acceptors (Lipinski definition) is 12. The van der Waals surface area contributed by atoms with E-state index in [0.717, 1.165) is 12.8 Å². The first-order valence-corrected chi connectivity index (χ1v) is 16.5. The van der Waals surface area contributed by atoms with Crippen molar-refractivity contribution in [1.29, 1.82) is 0 Å². The summed E-state index contributed by atoms with van der Waals surface area (Å²) in [6.07, 6.45) is -0.0922. The molecule has 2 unspecified atom stereocenters. The molecule has 1 aliphatic carbocycles. The lowest BCUT2D eigenvalue weighted by atomic mass is 9.96. The number of aliphatic hydroxyl groups excluding tert-OH is 1. The van der Waals surface area contributed by atoms with E-state index in [1.807, 2.05) is 6.07 Å². The third-order valence-corrected chi connectivity index (χ3v) is 9.39. The molecule has 0 spiro atoms. The predicted octanol–water partition coefficient (Wildman–Crippen LogP) is 2.97. The number of anilines is 1. The van der Waals surface area contributed by atoms with Crippen molar-refractivity contribution in [2.45, 2.75) is 89.7 Å². The molecular weight excluding hydrogens is 583 g/mol. The molecule has 0 bridgehead atoms. The number of ether oxygens (including phenoxy) is 2. The summed E-state index contributed by atoms with van der Waals surface area (Å²) in [7, 11) is 0. The zero-order chi connectivity index (χ0) is 30.2. The number of aromatic nitrogens is 4. The molecule has 1 saturated carbocycles. The van der Waals surface area contributed by atoms with Crippen LogP contribution in [-0.2, 0) is 30.6 Å². The molecule has 15 heteroatoms. The summed E-state index contributed by atoms with van der Waals surface area (Å²) in [5, 5.41) is 28.9. The Hall–Kier alpha value is -2.71. The van der Waals surface area contributed by atoms with Gasteiger partial charge in [0.1, 0.15) is 35.4 Å². The predicted molar refractivity (Wildman–Crippen MR) is 158 cm³/mol. The van der Waals surface area contributed by atoms with Gasteiger partial charge in [-0.2, -0.15) is 0 Å². The van der Waals surface area contributed by atoms with Crippen LogP contribution in [0.2, 0.25) is 0 Å². The van der Waals surface area contributed by atoms with Crippen LogP contribution in [0.5, 0.6) is 5.75 Å². The Morgan fingerprint density at radius 1 is 1.26 bits per heavy atom. The van der Waals surface area contributed by atoms with Crippen molar-refractivity contribution in [3.63, 3.8) is 0 Å². The van der Waals surface area contributed by atoms with Crippen molar-refractivity contribution in [1.82, 2.24) is 24.6 Å². The highest BCUT2D eigenvalue weighted by Gasteiger charge is 2.54. The second-order valence-electron chi connectivity index (χ2n) is 11.1. The summed E-state index contributed by atoms with van der Waals surface area (Å²) in [4.78, 5) is 26.1. The van der Waals surface area contributed by atoms with Gasteiger partial charge in [-0.25, -0.2) is 20.0 Å². The fourth-order valence-corrected chi connectivity index (χ4v) is 7.02. The highest BCUT2D eigenvalue weighted by Crippen LogP contribution is 2.47. The van der Waals surface area contributed by atoms with Gasteiger partial charge in [-0.3, -0.25) is 9.36 Å². The van der Waals surface area contributed by atoms with Crippen molar-refractivity contribution < 1.29 is 33.5 Å². The van der Waals surface area contributed by atoms with Gasteiger partial charge >= 0.3 is 12.6 Å². The summed E-state index contributed by atoms with van der Waals surface area (Å²) >= 11 is 5.77. The first-order valence-electron chi connectivity index (χ1n) is 13.9. The van der Waals surface area contributed by atoms with E-state index in [1.165, 1.54) is 13.3 Å². The maximum absolute atomic E-state index is 12.5. The maximum atomic E-state index is 12.5. The zero-order valence-electron chi connectivity index (χ0n) is 24.1. The van der Waals surface area contributed by atoms with Crippen LogP contribution in [0.4, 0.5) is 5.82 Å². The molecule has 13 nitrogen and oxygen atoms in total. The van der Waals surface area contributed by atoms with E-state index in [4.69, 9.17) is 30.3 Å². The minimum absolute atomic E-state index is 0.244. The quantitative estimate of drug-likeness (QED) is 0.173. The van der Waals surface area contributed by atoms with Crippen LogP contribution in [0, 0.1) is 6.92 Å². The molecule has 2 fully saturated rings. The van der Waals surface area contributed by atoms with Crippen molar-refractivity contribution >= 4 is 41.4 Å². The van der Waals surface area contributed by atoms with E-state index >= 15 is 0 Å². The van der Waals surface area contributed by atoms with Crippen LogP contribution in [-0.4, -0.2) is 78.3 Å². The highest BCUT2D eigenvalue weighted by atomic mass is 32.5. The summed E-state index contributed by atoms with van der Waals surface area (Å²) in [5.41, 5.74) is -0.740. The molecule has 5 rings (SSSR count). The smallest absolute Gasteiger partial charge is 0.323 e. The van der Waals surface area contributed by atoms with Crippen LogP contribution in [0.15, 0.2) is 36.7 Å². The van der Waals surface area contributed by atoms with Gasteiger partial charge in [-0.15, -0.1) is 0 Å². The summed E-state index contributed by atoms with van der Waals surface area (Å²) in [6, 6.07) is 8.33. The van der Waals surface area contributed by atoms with Gasteiger partial charge in [0, 0.05) is 6.04 Å². The van der Waals surface area contributed by atoms with Crippen molar-refractivity contribution in [2.24, 2.45) is 0 Å². The largest absolute Gasteiger partial charge is 0.462 e. The molecule has 2 aliphatic rings. The number of esters is 1. The Morgan fingerprint density at radius 3 is 2.64 bits per heavy atom. The average molecular weight is 621 g/mol. The van der Waals surface area contributed by atoms with Gasteiger partial charge in [0.25, 0.3) is 0 Å². The second kappa shape index (κ2) is 12.1. The number of imidazole rings is 1. The molecule has 3 aromatic rings. The lowest BCUT2D eigenvalue weighted by Gasteiger charge is -2.28. The Bertz CT molecular complexity index is 1470. The van der Waals surface area contributed by atoms with Crippen LogP contribution >= 0.6 is 6.64 Å². The van der Waals surface area contributed by atoms with E-state index < -0.39 is 42.7 Å². The Kier molecular flexibility index (Phi) is 8.87. The molecule has 1 saturated heterocycles. The molecule has 0 radical (unpaired) electrons. The number of nitrogens with zero attached hydrogens (tertiary/aromatic N) is 4. The number of fused-ring (bicyclic) bond motifs is 1. The average Bonchev–Trinajstić information content (AvgIpc) is 3.59. The van der Waals surface area contributed by atoms with Crippen molar-refractivity contribution in [3.8, 4) is 5.75 Å². The van der Waals surface area contributed by atoms with Crippen molar-refractivity contribution in [3.05, 3.63) is 42.5 Å². The number of aliphatic hydroxyl groups is 2. The number of carbonyl (C=O) groups excluding carboxylic acids is 1. The third-order valence-electron chi connectivity index (χ3n) is 6.89. The third kappa shape index (κ3) is 6.75. The SMILES string of the molecule is Cc1nc(NC2CC2)c2ncn([C@@H]3O[C@H](COP(=S)(NC(C)C(=O)OC(C)C)Oc4ccccc4)[C@@H](O)[C@@]3(C)O)c2n1. The van der Waals surface area contributed by atoms with E-state index in [9.17, 15) is 15.0 Å². The lowest BCUT2D eigenvalue weighted by Crippen LogP contribution is -2.44. The number of para-hydroxylation sites is 1. The van der Waals surface area contributed by atoms with Gasteiger partial charge < -0.3 is 34.1 Å². The van der Waals surface area contributed by atoms with Gasteiger partial charge in [-0.05, 0) is 71.4 Å². The van der Waals surface area contributed by atoms with Crippen molar-refractivity contribution in [2.75, 3.05) is 11.9 Å². The number of aryl methyl sites for hydroxylation is 1. The molecule has 228 valence electrons. The molecule has 1 aromatic carbocycles. The monoisotopic (exact) mass is 620 g/mol. The molecule has 3 heterocycles. The van der Waals surface area contributed by atoms with Gasteiger partial charge in [-0.1, -0.05) is 18.2 Å². The highest BCUT2D eigenvalue weighted by molar-refractivity contribution is 8.09. The van der Waals surface area contributed by atoms with Crippen LogP contribution in [0.25, 0.3) is 11.2 Å². The maximum Gasteiger partial charge on any atom is 0.323 e. The number of hydrogen-bond donors (Lipinski definition) is 4. The van der Waals surface area contributed by atoms with Crippen LogP contribution in [0.1, 0.15) is 52.6 Å². The fraction of sp³-hybridized carbons (Fsp3) is 0.556. The minimum atomic E-state index is -3.39. The Morgan fingerprint density at radius 2 is 1.98 bits per heavy atom. The number of benzene rings is 1.